The first-order valence-electron chi connectivity index (χ1n) is 8.23. The number of carbonyl (C=O) groups is 2. The van der Waals surface area contributed by atoms with Gasteiger partial charge in [-0.2, -0.15) is 0 Å². The number of fused-ring (bicyclic) bond motifs is 3. The highest BCUT2D eigenvalue weighted by molar-refractivity contribution is 6.10. The summed E-state index contributed by atoms with van der Waals surface area (Å²) in [5.74, 6) is -0.247. The van der Waals surface area contributed by atoms with Crippen molar-refractivity contribution < 1.29 is 14.7 Å². The highest BCUT2D eigenvalue weighted by Gasteiger charge is 2.51. The summed E-state index contributed by atoms with van der Waals surface area (Å²) in [6.45, 7) is 10.00. The molecule has 3 nitrogen and oxygen atoms in total. The van der Waals surface area contributed by atoms with Gasteiger partial charge < -0.3 is 5.11 Å². The zero-order chi connectivity index (χ0) is 17.2. The van der Waals surface area contributed by atoms with E-state index in [1.807, 2.05) is 32.9 Å². The Labute approximate surface area is 137 Å². The van der Waals surface area contributed by atoms with Gasteiger partial charge in [-0.05, 0) is 23.0 Å². The Bertz CT molecular complexity index is 741. The van der Waals surface area contributed by atoms with Gasteiger partial charge in [-0.3, -0.25) is 9.59 Å². The quantitative estimate of drug-likeness (QED) is 0.788. The van der Waals surface area contributed by atoms with E-state index in [0.717, 1.165) is 11.1 Å². The monoisotopic (exact) mass is 312 g/mol. The van der Waals surface area contributed by atoms with Crippen LogP contribution >= 0.6 is 0 Å². The Morgan fingerprint density at radius 3 is 2.35 bits per heavy atom. The fourth-order valence-corrected chi connectivity index (χ4v) is 4.53. The minimum absolute atomic E-state index is 0.0507. The van der Waals surface area contributed by atoms with Crippen molar-refractivity contribution in [3.63, 3.8) is 0 Å². The van der Waals surface area contributed by atoms with Crippen molar-refractivity contribution in [2.45, 2.75) is 47.5 Å². The van der Waals surface area contributed by atoms with E-state index in [0.29, 0.717) is 24.0 Å². The normalized spacial score (nSPS) is 29.7. The molecule has 0 aromatic carbocycles. The van der Waals surface area contributed by atoms with Crippen LogP contribution in [0.25, 0.3) is 0 Å². The van der Waals surface area contributed by atoms with E-state index >= 15 is 0 Å². The van der Waals surface area contributed by atoms with E-state index < -0.39 is 5.41 Å². The Kier molecular flexibility index (Phi) is 3.33. The topological polar surface area (TPSA) is 54.4 Å². The van der Waals surface area contributed by atoms with Crippen LogP contribution in [-0.4, -0.2) is 16.7 Å². The van der Waals surface area contributed by atoms with Gasteiger partial charge in [0.2, 0.25) is 5.78 Å². The predicted octanol–water partition coefficient (Wildman–Crippen LogP) is 4.23. The van der Waals surface area contributed by atoms with Crippen molar-refractivity contribution in [3.05, 3.63) is 46.3 Å². The Hall–Kier alpha value is -1.90. The number of carbonyl (C=O) groups excluding carboxylic acids is 2. The first kappa shape index (κ1) is 16.0. The molecule has 0 unspecified atom stereocenters. The van der Waals surface area contributed by atoms with Crippen LogP contribution in [0.2, 0.25) is 0 Å². The summed E-state index contributed by atoms with van der Waals surface area (Å²) >= 11 is 0. The van der Waals surface area contributed by atoms with E-state index in [1.54, 1.807) is 0 Å². The molecule has 1 N–H and O–H groups in total. The van der Waals surface area contributed by atoms with Crippen molar-refractivity contribution in [1.29, 1.82) is 0 Å². The predicted molar refractivity (Wildman–Crippen MR) is 89.9 cm³/mol. The number of allylic oxidation sites excluding steroid dienone is 7. The molecule has 0 aromatic heterocycles. The molecule has 1 fully saturated rings. The van der Waals surface area contributed by atoms with Gasteiger partial charge in [0.05, 0.1) is 0 Å². The molecule has 0 saturated heterocycles. The van der Waals surface area contributed by atoms with Gasteiger partial charge in [0.15, 0.2) is 5.76 Å². The summed E-state index contributed by atoms with van der Waals surface area (Å²) in [6.07, 6.45) is 6.80. The lowest BCUT2D eigenvalue weighted by Gasteiger charge is -2.49. The minimum atomic E-state index is -0.596. The largest absolute Gasteiger partial charge is 0.504 e. The van der Waals surface area contributed by atoms with E-state index in [4.69, 9.17) is 0 Å². The SMILES string of the molecule is CC(C)C1=CC2=CC=C3C(C)(C)CC(=O)C[C@@]3(C)C2=C(O)C1=O. The van der Waals surface area contributed by atoms with Crippen LogP contribution in [0.4, 0.5) is 0 Å². The summed E-state index contributed by atoms with van der Waals surface area (Å²) < 4.78 is 0. The lowest BCUT2D eigenvalue weighted by molar-refractivity contribution is -0.124. The first-order valence-corrected chi connectivity index (χ1v) is 8.23. The molecule has 0 radical (unpaired) electrons. The van der Waals surface area contributed by atoms with Crippen molar-refractivity contribution in [2.75, 3.05) is 0 Å². The smallest absolute Gasteiger partial charge is 0.223 e. The molecule has 122 valence electrons. The molecule has 23 heavy (non-hydrogen) atoms. The summed E-state index contributed by atoms with van der Waals surface area (Å²) in [4.78, 5) is 24.9. The maximum absolute atomic E-state index is 12.6. The molecule has 3 rings (SSSR count). The van der Waals surface area contributed by atoms with Gasteiger partial charge in [0.1, 0.15) is 5.78 Å². The van der Waals surface area contributed by atoms with Crippen LogP contribution < -0.4 is 0 Å². The number of aliphatic hydroxyl groups excluding tert-OH is 1. The average molecular weight is 312 g/mol. The third-order valence-electron chi connectivity index (χ3n) is 5.43. The van der Waals surface area contributed by atoms with Crippen LogP contribution in [0.15, 0.2) is 46.3 Å². The second-order valence-electron chi connectivity index (χ2n) is 8.12. The molecule has 1 saturated carbocycles. The first-order chi connectivity index (χ1) is 10.6. The number of ketones is 2. The van der Waals surface area contributed by atoms with Crippen molar-refractivity contribution >= 4 is 11.6 Å². The summed E-state index contributed by atoms with van der Waals surface area (Å²) in [5.41, 5.74) is 2.39. The summed E-state index contributed by atoms with van der Waals surface area (Å²) in [6, 6.07) is 0. The molecular weight excluding hydrogens is 288 g/mol. The highest BCUT2D eigenvalue weighted by Crippen LogP contribution is 2.58. The van der Waals surface area contributed by atoms with Crippen molar-refractivity contribution in [1.82, 2.24) is 0 Å². The second-order valence-corrected chi connectivity index (χ2v) is 8.12. The fraction of sp³-hybridized carbons (Fsp3) is 0.500. The van der Waals surface area contributed by atoms with Crippen LogP contribution in [0.5, 0.6) is 0 Å². The van der Waals surface area contributed by atoms with Gasteiger partial charge in [-0.25, -0.2) is 0 Å². The Morgan fingerprint density at radius 2 is 1.74 bits per heavy atom. The van der Waals surface area contributed by atoms with E-state index in [2.05, 4.69) is 19.9 Å². The average Bonchev–Trinajstić information content (AvgIpc) is 2.39. The Morgan fingerprint density at radius 1 is 1.09 bits per heavy atom. The molecule has 1 atom stereocenters. The standard InChI is InChI=1S/C20H24O3/c1-11(2)14-8-12-6-7-15-19(3,4)9-13(21)10-20(15,5)16(12)18(23)17(14)22/h6-8,11,23H,9-10H2,1-5H3/t20-/m1/s1. The molecule has 0 spiro atoms. The molecule has 3 heteroatoms. The zero-order valence-corrected chi connectivity index (χ0v) is 14.5. The van der Waals surface area contributed by atoms with Gasteiger partial charge in [-0.1, -0.05) is 52.3 Å². The summed E-state index contributed by atoms with van der Waals surface area (Å²) in [7, 11) is 0. The van der Waals surface area contributed by atoms with Crippen molar-refractivity contribution in [3.8, 4) is 0 Å². The maximum atomic E-state index is 12.6. The second kappa shape index (κ2) is 4.80. The van der Waals surface area contributed by atoms with Gasteiger partial charge >= 0.3 is 0 Å². The number of Topliss-reactive ketones (excluding diaryl/α,β-unsaturated/α-hetero) is 2. The fourth-order valence-electron chi connectivity index (χ4n) is 4.53. The molecule has 3 aliphatic carbocycles. The number of hydrogen-bond acceptors (Lipinski definition) is 3. The lowest BCUT2D eigenvalue weighted by Crippen LogP contribution is -2.43. The van der Waals surface area contributed by atoms with Crippen LogP contribution in [0.3, 0.4) is 0 Å². The Balaban J connectivity index is 2.25. The lowest BCUT2D eigenvalue weighted by atomic mass is 9.54. The van der Waals surface area contributed by atoms with Crippen molar-refractivity contribution in [2.24, 2.45) is 16.7 Å². The van der Waals surface area contributed by atoms with E-state index in [9.17, 15) is 14.7 Å². The summed E-state index contributed by atoms with van der Waals surface area (Å²) in [5, 5.41) is 10.7. The molecule has 0 heterocycles. The van der Waals surface area contributed by atoms with Gasteiger partial charge in [0, 0.05) is 29.4 Å². The van der Waals surface area contributed by atoms with Gasteiger partial charge in [0.25, 0.3) is 0 Å². The third-order valence-corrected chi connectivity index (χ3v) is 5.43. The highest BCUT2D eigenvalue weighted by atomic mass is 16.3. The number of hydrogen-bond donors (Lipinski definition) is 1. The van der Waals surface area contributed by atoms with E-state index in [-0.39, 0.29) is 28.7 Å². The molecule has 3 aliphatic rings. The minimum Gasteiger partial charge on any atom is -0.504 e. The molecule has 0 bridgehead atoms. The molecule has 0 aliphatic heterocycles. The van der Waals surface area contributed by atoms with E-state index in [1.165, 1.54) is 0 Å². The van der Waals surface area contributed by atoms with Crippen LogP contribution in [-0.2, 0) is 9.59 Å². The molecular formula is C20H24O3. The zero-order valence-electron chi connectivity index (χ0n) is 14.5. The molecule has 0 amide bonds. The maximum Gasteiger partial charge on any atom is 0.223 e. The third kappa shape index (κ3) is 2.17. The van der Waals surface area contributed by atoms with Gasteiger partial charge in [-0.15, -0.1) is 0 Å². The molecule has 0 aromatic rings. The number of aliphatic hydroxyl groups is 1. The number of rotatable bonds is 1. The van der Waals surface area contributed by atoms with Crippen LogP contribution in [0, 0.1) is 16.7 Å². The van der Waals surface area contributed by atoms with Crippen LogP contribution in [0.1, 0.15) is 47.5 Å².